The number of carbonyl (C=O) groups excluding carboxylic acids is 1. The lowest BCUT2D eigenvalue weighted by Gasteiger charge is -2.17. The molecular weight excluding hydrogens is 316 g/mol. The molecule has 0 aliphatic rings. The van der Waals surface area contributed by atoms with Crippen molar-refractivity contribution in [1.82, 2.24) is 0 Å². The van der Waals surface area contributed by atoms with Crippen LogP contribution in [0.3, 0.4) is 0 Å². The van der Waals surface area contributed by atoms with Gasteiger partial charge in [-0.2, -0.15) is 0 Å². The van der Waals surface area contributed by atoms with Crippen molar-refractivity contribution in [2.24, 2.45) is 0 Å². The zero-order chi connectivity index (χ0) is 17.8. The topological polar surface area (TPSA) is 44.8 Å². The molecule has 3 aromatic carbocycles. The SMILES string of the molecule is C=C(C)C(=O)Oc1c2ccccc2c(OCCOC)c2ccccc12. The largest absolute Gasteiger partial charge is 0.490 e. The van der Waals surface area contributed by atoms with Gasteiger partial charge in [0.25, 0.3) is 0 Å². The molecule has 0 amide bonds. The first-order valence-corrected chi connectivity index (χ1v) is 8.06. The van der Waals surface area contributed by atoms with Crippen molar-refractivity contribution in [3.63, 3.8) is 0 Å². The summed E-state index contributed by atoms with van der Waals surface area (Å²) in [5.41, 5.74) is 0.355. The molecule has 3 rings (SSSR count). The molecule has 4 nitrogen and oxygen atoms in total. The third-order valence-electron chi connectivity index (χ3n) is 3.91. The molecule has 128 valence electrons. The van der Waals surface area contributed by atoms with Gasteiger partial charge in [-0.25, -0.2) is 4.79 Å². The summed E-state index contributed by atoms with van der Waals surface area (Å²) in [6.45, 7) is 6.23. The Morgan fingerprint density at radius 1 is 0.880 bits per heavy atom. The summed E-state index contributed by atoms with van der Waals surface area (Å²) < 4.78 is 16.7. The fraction of sp³-hybridized carbons (Fsp3) is 0.190. The van der Waals surface area contributed by atoms with Gasteiger partial charge in [0.1, 0.15) is 18.1 Å². The standard InChI is InChI=1S/C21H20O4/c1-14(2)21(22)25-20-17-10-6-4-8-15(17)19(24-13-12-23-3)16-9-5-7-11-18(16)20/h4-11H,1,12-13H2,2-3H3. The Morgan fingerprint density at radius 2 is 1.36 bits per heavy atom. The molecule has 3 aromatic rings. The second-order valence-electron chi connectivity index (χ2n) is 5.76. The maximum Gasteiger partial charge on any atom is 0.338 e. The van der Waals surface area contributed by atoms with Crippen LogP contribution in [0.1, 0.15) is 6.92 Å². The number of benzene rings is 3. The highest BCUT2D eigenvalue weighted by atomic mass is 16.5. The Kier molecular flexibility index (Phi) is 5.00. The summed E-state index contributed by atoms with van der Waals surface area (Å²) in [4.78, 5) is 12.1. The van der Waals surface area contributed by atoms with Crippen molar-refractivity contribution < 1.29 is 19.0 Å². The molecule has 0 N–H and O–H groups in total. The fourth-order valence-electron chi connectivity index (χ4n) is 2.72. The van der Waals surface area contributed by atoms with Crippen molar-refractivity contribution in [2.75, 3.05) is 20.3 Å². The molecule has 0 fully saturated rings. The summed E-state index contributed by atoms with van der Waals surface area (Å²) >= 11 is 0. The Hall–Kier alpha value is -2.85. The number of esters is 1. The smallest absolute Gasteiger partial charge is 0.338 e. The summed E-state index contributed by atoms with van der Waals surface area (Å²) in [5, 5.41) is 3.43. The highest BCUT2D eigenvalue weighted by Crippen LogP contribution is 2.42. The van der Waals surface area contributed by atoms with Gasteiger partial charge >= 0.3 is 5.97 Å². The van der Waals surface area contributed by atoms with Crippen molar-refractivity contribution in [3.8, 4) is 11.5 Å². The second-order valence-corrected chi connectivity index (χ2v) is 5.76. The predicted molar refractivity (Wildman–Crippen MR) is 99.3 cm³/mol. The van der Waals surface area contributed by atoms with E-state index in [1.807, 2.05) is 48.5 Å². The van der Waals surface area contributed by atoms with Gasteiger partial charge in [-0.05, 0) is 6.92 Å². The van der Waals surface area contributed by atoms with E-state index in [1.54, 1.807) is 14.0 Å². The maximum atomic E-state index is 12.1. The van der Waals surface area contributed by atoms with Crippen LogP contribution in [-0.2, 0) is 9.53 Å². The lowest BCUT2D eigenvalue weighted by atomic mass is 10.0. The Labute approximate surface area is 146 Å². The molecule has 0 spiro atoms. The van der Waals surface area contributed by atoms with E-state index in [1.165, 1.54) is 0 Å². The zero-order valence-corrected chi connectivity index (χ0v) is 14.4. The number of rotatable bonds is 6. The van der Waals surface area contributed by atoms with Gasteiger partial charge in [0, 0.05) is 34.2 Å². The fourth-order valence-corrected chi connectivity index (χ4v) is 2.72. The van der Waals surface area contributed by atoms with Crippen molar-refractivity contribution >= 4 is 27.5 Å². The van der Waals surface area contributed by atoms with Crippen LogP contribution in [-0.4, -0.2) is 26.3 Å². The predicted octanol–water partition coefficient (Wildman–Crippen LogP) is 4.50. The molecule has 0 atom stereocenters. The first-order valence-electron chi connectivity index (χ1n) is 8.06. The van der Waals surface area contributed by atoms with Gasteiger partial charge < -0.3 is 14.2 Å². The Morgan fingerprint density at radius 3 is 1.80 bits per heavy atom. The minimum Gasteiger partial charge on any atom is -0.490 e. The van der Waals surface area contributed by atoms with Gasteiger partial charge in [0.05, 0.1) is 6.61 Å². The van der Waals surface area contributed by atoms with E-state index < -0.39 is 5.97 Å². The second kappa shape index (κ2) is 7.36. The van der Waals surface area contributed by atoms with Crippen LogP contribution in [0.25, 0.3) is 21.5 Å². The van der Waals surface area contributed by atoms with Crippen LogP contribution >= 0.6 is 0 Å². The van der Waals surface area contributed by atoms with Gasteiger partial charge in [-0.1, -0.05) is 55.1 Å². The molecule has 0 radical (unpaired) electrons. The normalized spacial score (nSPS) is 10.8. The van der Waals surface area contributed by atoms with E-state index in [0.29, 0.717) is 24.5 Å². The molecule has 0 aliphatic heterocycles. The van der Waals surface area contributed by atoms with Crippen LogP contribution in [0.4, 0.5) is 0 Å². The number of fused-ring (bicyclic) bond motifs is 2. The highest BCUT2D eigenvalue weighted by Gasteiger charge is 2.18. The first-order chi connectivity index (χ1) is 12.1. The van der Waals surface area contributed by atoms with E-state index in [-0.39, 0.29) is 0 Å². The first kappa shape index (κ1) is 17.0. The molecule has 0 saturated carbocycles. The van der Waals surface area contributed by atoms with E-state index in [0.717, 1.165) is 27.3 Å². The third kappa shape index (κ3) is 3.35. The van der Waals surface area contributed by atoms with Crippen molar-refractivity contribution in [3.05, 3.63) is 60.7 Å². The minimum absolute atomic E-state index is 0.355. The van der Waals surface area contributed by atoms with Gasteiger partial charge in [-0.3, -0.25) is 0 Å². The monoisotopic (exact) mass is 336 g/mol. The number of ether oxygens (including phenoxy) is 3. The van der Waals surface area contributed by atoms with Gasteiger partial charge in [0.2, 0.25) is 0 Å². The third-order valence-corrected chi connectivity index (χ3v) is 3.91. The van der Waals surface area contributed by atoms with Gasteiger partial charge in [0.15, 0.2) is 0 Å². The Balaban J connectivity index is 2.26. The van der Waals surface area contributed by atoms with Gasteiger partial charge in [-0.15, -0.1) is 0 Å². The molecule has 0 heterocycles. The molecule has 0 saturated heterocycles. The van der Waals surface area contributed by atoms with Crippen molar-refractivity contribution in [2.45, 2.75) is 6.92 Å². The quantitative estimate of drug-likeness (QED) is 0.219. The maximum absolute atomic E-state index is 12.1. The summed E-state index contributed by atoms with van der Waals surface area (Å²) in [7, 11) is 1.64. The lowest BCUT2D eigenvalue weighted by molar-refractivity contribution is -0.129. The summed E-state index contributed by atoms with van der Waals surface area (Å²) in [6, 6.07) is 15.5. The molecule has 0 aliphatic carbocycles. The number of carbonyl (C=O) groups is 1. The van der Waals surface area contributed by atoms with Crippen molar-refractivity contribution in [1.29, 1.82) is 0 Å². The number of methoxy groups -OCH3 is 1. The molecular formula is C21H20O4. The van der Waals surface area contributed by atoms with Crippen LogP contribution in [0.15, 0.2) is 60.7 Å². The molecule has 25 heavy (non-hydrogen) atoms. The lowest BCUT2D eigenvalue weighted by Crippen LogP contribution is -2.10. The molecule has 0 unspecified atom stereocenters. The Bertz CT molecular complexity index is 886. The zero-order valence-electron chi connectivity index (χ0n) is 14.4. The van der Waals surface area contributed by atoms with E-state index in [4.69, 9.17) is 14.2 Å². The number of hydrogen-bond acceptors (Lipinski definition) is 4. The van der Waals surface area contributed by atoms with Crippen LogP contribution < -0.4 is 9.47 Å². The molecule has 4 heteroatoms. The van der Waals surface area contributed by atoms with E-state index in [2.05, 4.69) is 6.58 Å². The summed E-state index contributed by atoms with van der Waals surface area (Å²) in [6.07, 6.45) is 0. The van der Waals surface area contributed by atoms with Crippen LogP contribution in [0.5, 0.6) is 11.5 Å². The highest BCUT2D eigenvalue weighted by molar-refractivity contribution is 6.12. The van der Waals surface area contributed by atoms with Crippen LogP contribution in [0, 0.1) is 0 Å². The van der Waals surface area contributed by atoms with E-state index in [9.17, 15) is 4.79 Å². The minimum atomic E-state index is -0.441. The average Bonchev–Trinajstić information content (AvgIpc) is 2.63. The van der Waals surface area contributed by atoms with Crippen LogP contribution in [0.2, 0.25) is 0 Å². The molecule has 0 aromatic heterocycles. The van der Waals surface area contributed by atoms with E-state index >= 15 is 0 Å². The summed E-state index contributed by atoms with van der Waals surface area (Å²) in [5.74, 6) is 0.847. The molecule has 0 bridgehead atoms. The average molecular weight is 336 g/mol. The number of hydrogen-bond donors (Lipinski definition) is 0.